The van der Waals surface area contributed by atoms with E-state index in [0.717, 1.165) is 22.6 Å². The molecule has 0 atom stereocenters. The lowest BCUT2D eigenvalue weighted by Crippen LogP contribution is -2.15. The molecule has 0 radical (unpaired) electrons. The van der Waals surface area contributed by atoms with Crippen LogP contribution in [0.15, 0.2) is 224 Å². The van der Waals surface area contributed by atoms with E-state index in [1.807, 2.05) is 0 Å². The molecule has 276 valence electrons. The highest BCUT2D eigenvalue weighted by Crippen LogP contribution is 2.53. The molecule has 0 fully saturated rings. The van der Waals surface area contributed by atoms with Gasteiger partial charge in [-0.1, -0.05) is 214 Å². The molecule has 1 aliphatic rings. The van der Waals surface area contributed by atoms with E-state index in [2.05, 4.69) is 243 Å². The van der Waals surface area contributed by atoms with Crippen LogP contribution < -0.4 is 4.90 Å². The molecule has 0 saturated heterocycles. The fourth-order valence-corrected chi connectivity index (χ4v) is 9.16. The Morgan fingerprint density at radius 2 is 0.690 bits per heavy atom. The maximum absolute atomic E-state index is 2.52. The van der Waals surface area contributed by atoms with Crippen molar-refractivity contribution in [2.75, 3.05) is 4.90 Å². The molecule has 10 rings (SSSR count). The summed E-state index contributed by atoms with van der Waals surface area (Å²) in [7, 11) is 0. The Kier molecular flexibility index (Phi) is 8.92. The molecule has 1 nitrogen and oxygen atoms in total. The lowest BCUT2D eigenvalue weighted by atomic mass is 9.82. The Morgan fingerprint density at radius 1 is 0.276 bits per heavy atom. The standard InChI is InChI=1S/C57H43N/c1-57(2)51-33-17-14-30-48(51)50-39-43(37-38-52(50)57)46-29-16-19-35-54(46)58(53-34-18-15-28-45(53)41-23-8-4-9-24-41)55-36-20-32-47(42-25-10-5-11-26-42)56(55)49-31-13-12-27-44(49)40-21-6-3-7-22-40/h3-39H,1-2H3. The molecule has 0 bridgehead atoms. The van der Waals surface area contributed by atoms with Crippen LogP contribution in [0.5, 0.6) is 0 Å². The van der Waals surface area contributed by atoms with Gasteiger partial charge in [-0.05, 0) is 85.5 Å². The van der Waals surface area contributed by atoms with Crippen molar-refractivity contribution in [3.05, 3.63) is 236 Å². The summed E-state index contributed by atoms with van der Waals surface area (Å²) in [6.45, 7) is 4.70. The minimum absolute atomic E-state index is 0.0659. The summed E-state index contributed by atoms with van der Waals surface area (Å²) in [5, 5.41) is 0. The molecule has 0 saturated carbocycles. The molecular weight excluding hydrogens is 699 g/mol. The summed E-state index contributed by atoms with van der Waals surface area (Å²) in [5.74, 6) is 0. The first-order chi connectivity index (χ1) is 28.6. The van der Waals surface area contributed by atoms with Gasteiger partial charge >= 0.3 is 0 Å². The third-order valence-corrected chi connectivity index (χ3v) is 11.9. The van der Waals surface area contributed by atoms with Gasteiger partial charge in [0.2, 0.25) is 0 Å². The van der Waals surface area contributed by atoms with Gasteiger partial charge in [0, 0.05) is 22.1 Å². The van der Waals surface area contributed by atoms with Gasteiger partial charge in [0.15, 0.2) is 0 Å². The third kappa shape index (κ3) is 6.04. The SMILES string of the molecule is CC1(C)c2ccccc2-c2cc(-c3ccccc3N(c3ccccc3-c3ccccc3)c3cccc(-c4ccccc4)c3-c3ccccc3-c3ccccc3)ccc21. The first-order valence-corrected chi connectivity index (χ1v) is 20.2. The fraction of sp³-hybridized carbons (Fsp3) is 0.0526. The number of benzene rings is 9. The number of anilines is 3. The Labute approximate surface area is 342 Å². The molecule has 9 aromatic rings. The Balaban J connectivity index is 1.29. The summed E-state index contributed by atoms with van der Waals surface area (Å²) in [6, 6.07) is 81.9. The zero-order valence-corrected chi connectivity index (χ0v) is 32.8. The van der Waals surface area contributed by atoms with E-state index in [9.17, 15) is 0 Å². The van der Waals surface area contributed by atoms with Crippen molar-refractivity contribution in [3.63, 3.8) is 0 Å². The number of rotatable bonds is 8. The highest BCUT2D eigenvalue weighted by atomic mass is 15.1. The molecule has 0 aliphatic heterocycles. The molecule has 1 aliphatic carbocycles. The molecule has 0 heterocycles. The topological polar surface area (TPSA) is 3.24 Å². The normalized spacial score (nSPS) is 12.4. The van der Waals surface area contributed by atoms with Crippen LogP contribution in [-0.4, -0.2) is 0 Å². The van der Waals surface area contributed by atoms with Crippen molar-refractivity contribution in [3.8, 4) is 66.8 Å². The monoisotopic (exact) mass is 741 g/mol. The lowest BCUT2D eigenvalue weighted by molar-refractivity contribution is 0.660. The average molecular weight is 742 g/mol. The Bertz CT molecular complexity index is 2910. The van der Waals surface area contributed by atoms with E-state index in [0.29, 0.717) is 0 Å². The van der Waals surface area contributed by atoms with Gasteiger partial charge in [-0.2, -0.15) is 0 Å². The van der Waals surface area contributed by atoms with Crippen molar-refractivity contribution >= 4 is 17.1 Å². The number of para-hydroxylation sites is 2. The highest BCUT2D eigenvalue weighted by molar-refractivity contribution is 6.04. The van der Waals surface area contributed by atoms with Gasteiger partial charge in [-0.15, -0.1) is 0 Å². The quantitative estimate of drug-likeness (QED) is 0.150. The van der Waals surface area contributed by atoms with E-state index in [1.54, 1.807) is 0 Å². The first-order valence-electron chi connectivity index (χ1n) is 20.2. The minimum atomic E-state index is -0.0659. The zero-order valence-electron chi connectivity index (χ0n) is 32.8. The number of hydrogen-bond acceptors (Lipinski definition) is 1. The summed E-state index contributed by atoms with van der Waals surface area (Å²) in [5.41, 5.74) is 20.4. The molecule has 1 heteroatoms. The van der Waals surface area contributed by atoms with E-state index in [1.165, 1.54) is 72.3 Å². The van der Waals surface area contributed by atoms with Crippen LogP contribution in [0.1, 0.15) is 25.0 Å². The minimum Gasteiger partial charge on any atom is -0.309 e. The van der Waals surface area contributed by atoms with Gasteiger partial charge in [-0.3, -0.25) is 0 Å². The Hall–Kier alpha value is -7.22. The first kappa shape index (κ1) is 35.2. The van der Waals surface area contributed by atoms with Crippen LogP contribution in [-0.2, 0) is 5.41 Å². The lowest BCUT2D eigenvalue weighted by Gasteiger charge is -2.33. The molecule has 9 aromatic carbocycles. The number of fused-ring (bicyclic) bond motifs is 3. The maximum atomic E-state index is 2.52. The predicted octanol–water partition coefficient (Wildman–Crippen LogP) is 15.8. The van der Waals surface area contributed by atoms with Crippen LogP contribution in [0.3, 0.4) is 0 Å². The van der Waals surface area contributed by atoms with Crippen LogP contribution in [0.25, 0.3) is 66.8 Å². The molecule has 0 amide bonds. The maximum Gasteiger partial charge on any atom is 0.0547 e. The smallest absolute Gasteiger partial charge is 0.0547 e. The molecule has 0 aromatic heterocycles. The second-order valence-corrected chi connectivity index (χ2v) is 15.6. The fourth-order valence-electron chi connectivity index (χ4n) is 9.16. The van der Waals surface area contributed by atoms with Crippen LogP contribution >= 0.6 is 0 Å². The van der Waals surface area contributed by atoms with Gasteiger partial charge < -0.3 is 4.90 Å². The van der Waals surface area contributed by atoms with E-state index >= 15 is 0 Å². The molecular formula is C57H43N. The van der Waals surface area contributed by atoms with E-state index in [-0.39, 0.29) is 5.41 Å². The van der Waals surface area contributed by atoms with Crippen molar-refractivity contribution in [1.29, 1.82) is 0 Å². The van der Waals surface area contributed by atoms with Crippen LogP contribution in [0.2, 0.25) is 0 Å². The molecule has 0 N–H and O–H groups in total. The molecule has 0 spiro atoms. The summed E-state index contributed by atoms with van der Waals surface area (Å²) in [4.78, 5) is 2.52. The summed E-state index contributed by atoms with van der Waals surface area (Å²) < 4.78 is 0. The van der Waals surface area contributed by atoms with E-state index < -0.39 is 0 Å². The number of nitrogens with zero attached hydrogens (tertiary/aromatic N) is 1. The van der Waals surface area contributed by atoms with Gasteiger partial charge in [0.1, 0.15) is 0 Å². The predicted molar refractivity (Wildman–Crippen MR) is 246 cm³/mol. The second-order valence-electron chi connectivity index (χ2n) is 15.6. The van der Waals surface area contributed by atoms with Crippen molar-refractivity contribution in [2.45, 2.75) is 19.3 Å². The van der Waals surface area contributed by atoms with Gasteiger partial charge in [0.05, 0.1) is 17.1 Å². The summed E-state index contributed by atoms with van der Waals surface area (Å²) >= 11 is 0. The van der Waals surface area contributed by atoms with Crippen molar-refractivity contribution in [1.82, 2.24) is 0 Å². The Morgan fingerprint density at radius 3 is 1.31 bits per heavy atom. The largest absolute Gasteiger partial charge is 0.309 e. The van der Waals surface area contributed by atoms with Crippen LogP contribution in [0, 0.1) is 0 Å². The second kappa shape index (κ2) is 14.7. The molecule has 0 unspecified atom stereocenters. The average Bonchev–Trinajstić information content (AvgIpc) is 3.53. The molecule has 58 heavy (non-hydrogen) atoms. The van der Waals surface area contributed by atoms with Crippen LogP contribution in [0.4, 0.5) is 17.1 Å². The summed E-state index contributed by atoms with van der Waals surface area (Å²) in [6.07, 6.45) is 0. The van der Waals surface area contributed by atoms with Crippen molar-refractivity contribution < 1.29 is 0 Å². The zero-order chi connectivity index (χ0) is 39.1. The van der Waals surface area contributed by atoms with Gasteiger partial charge in [-0.25, -0.2) is 0 Å². The number of hydrogen-bond donors (Lipinski definition) is 0. The third-order valence-electron chi connectivity index (χ3n) is 11.9. The van der Waals surface area contributed by atoms with Crippen molar-refractivity contribution in [2.24, 2.45) is 0 Å². The van der Waals surface area contributed by atoms with E-state index in [4.69, 9.17) is 0 Å². The van der Waals surface area contributed by atoms with Gasteiger partial charge in [0.25, 0.3) is 0 Å². The highest BCUT2D eigenvalue weighted by Gasteiger charge is 2.35.